The molecule has 0 aliphatic carbocycles. The average molecular weight is 314 g/mol. The Morgan fingerprint density at radius 2 is 1.82 bits per heavy atom. The van der Waals surface area contributed by atoms with Crippen LogP contribution in [0.4, 0.5) is 13.2 Å². The highest BCUT2D eigenvalue weighted by atomic mass is 19.4. The summed E-state index contributed by atoms with van der Waals surface area (Å²) in [5.41, 5.74) is -0.279. The molecule has 0 saturated carbocycles. The molecule has 0 bridgehead atoms. The highest BCUT2D eigenvalue weighted by molar-refractivity contribution is 5.29. The molecule has 2 aliphatic rings. The van der Waals surface area contributed by atoms with Crippen LogP contribution in [0.25, 0.3) is 0 Å². The lowest BCUT2D eigenvalue weighted by molar-refractivity contribution is -0.138. The Balaban J connectivity index is 1.61. The number of rotatable bonds is 5. The third-order valence-corrected chi connectivity index (χ3v) is 4.61. The number of hydrogen-bond acceptors (Lipinski definition) is 3. The average Bonchev–Trinajstić information content (AvgIpc) is 2.95. The standard InChI is InChI=1S/C16H21F3N2O/c17-16(18,19)14-6-2-1-5-13(14)9-20-10-15(11-22-12-15)21-7-3-4-8-21/h1-2,5-6,20H,3-4,7-12H2. The first-order valence-electron chi connectivity index (χ1n) is 7.70. The maximum atomic E-state index is 13.0. The smallest absolute Gasteiger partial charge is 0.377 e. The maximum Gasteiger partial charge on any atom is 0.416 e. The molecule has 122 valence electrons. The maximum absolute atomic E-state index is 13.0. The quantitative estimate of drug-likeness (QED) is 0.904. The zero-order valence-electron chi connectivity index (χ0n) is 12.5. The number of halogens is 3. The van der Waals surface area contributed by atoms with Crippen LogP contribution in [0.3, 0.4) is 0 Å². The monoisotopic (exact) mass is 314 g/mol. The molecular formula is C16H21F3N2O. The molecule has 0 atom stereocenters. The molecule has 2 fully saturated rings. The van der Waals surface area contributed by atoms with Crippen LogP contribution in [0.5, 0.6) is 0 Å². The number of benzene rings is 1. The Hall–Kier alpha value is -1.11. The molecule has 2 saturated heterocycles. The first-order valence-corrected chi connectivity index (χ1v) is 7.70. The number of nitrogens with zero attached hydrogens (tertiary/aromatic N) is 1. The van der Waals surface area contributed by atoms with E-state index in [0.29, 0.717) is 25.3 Å². The molecule has 2 aliphatic heterocycles. The van der Waals surface area contributed by atoms with E-state index in [1.165, 1.54) is 25.0 Å². The van der Waals surface area contributed by atoms with Gasteiger partial charge < -0.3 is 10.1 Å². The molecule has 6 heteroatoms. The van der Waals surface area contributed by atoms with Gasteiger partial charge in [-0.3, -0.25) is 4.90 Å². The van der Waals surface area contributed by atoms with Crippen molar-refractivity contribution in [2.45, 2.75) is 31.1 Å². The Morgan fingerprint density at radius 3 is 2.41 bits per heavy atom. The highest BCUT2D eigenvalue weighted by Gasteiger charge is 2.44. The van der Waals surface area contributed by atoms with Crippen molar-refractivity contribution in [2.24, 2.45) is 0 Å². The van der Waals surface area contributed by atoms with Crippen LogP contribution in [0.2, 0.25) is 0 Å². The van der Waals surface area contributed by atoms with Crippen molar-refractivity contribution in [1.82, 2.24) is 10.2 Å². The Morgan fingerprint density at radius 1 is 1.14 bits per heavy atom. The van der Waals surface area contributed by atoms with E-state index in [-0.39, 0.29) is 12.1 Å². The van der Waals surface area contributed by atoms with Crippen molar-refractivity contribution < 1.29 is 17.9 Å². The highest BCUT2D eigenvalue weighted by Crippen LogP contribution is 2.32. The second kappa shape index (κ2) is 6.18. The van der Waals surface area contributed by atoms with E-state index in [9.17, 15) is 13.2 Å². The molecule has 0 aromatic heterocycles. The zero-order chi connectivity index (χ0) is 15.6. The van der Waals surface area contributed by atoms with E-state index in [4.69, 9.17) is 4.74 Å². The van der Waals surface area contributed by atoms with Crippen LogP contribution in [-0.2, 0) is 17.5 Å². The molecule has 1 aromatic rings. The largest absolute Gasteiger partial charge is 0.416 e. The second-order valence-corrected chi connectivity index (χ2v) is 6.17. The van der Waals surface area contributed by atoms with Gasteiger partial charge in [-0.2, -0.15) is 13.2 Å². The number of likely N-dealkylation sites (tertiary alicyclic amines) is 1. The van der Waals surface area contributed by atoms with Crippen LogP contribution in [0.15, 0.2) is 24.3 Å². The van der Waals surface area contributed by atoms with Crippen LogP contribution in [0, 0.1) is 0 Å². The number of alkyl halides is 3. The van der Waals surface area contributed by atoms with Crippen molar-refractivity contribution in [3.63, 3.8) is 0 Å². The minimum absolute atomic E-state index is 0.0241. The van der Waals surface area contributed by atoms with Gasteiger partial charge in [0.15, 0.2) is 0 Å². The molecule has 1 aromatic carbocycles. The van der Waals surface area contributed by atoms with Crippen LogP contribution < -0.4 is 5.32 Å². The third-order valence-electron chi connectivity index (χ3n) is 4.61. The molecule has 0 amide bonds. The summed E-state index contributed by atoms with van der Waals surface area (Å²) in [6.07, 6.45) is -1.91. The van der Waals surface area contributed by atoms with Crippen molar-refractivity contribution >= 4 is 0 Å². The number of hydrogen-bond donors (Lipinski definition) is 1. The van der Waals surface area contributed by atoms with Gasteiger partial charge >= 0.3 is 6.18 Å². The predicted molar refractivity (Wildman–Crippen MR) is 77.5 cm³/mol. The summed E-state index contributed by atoms with van der Waals surface area (Å²) in [6.45, 7) is 4.35. The normalized spacial score (nSPS) is 21.8. The van der Waals surface area contributed by atoms with Crippen molar-refractivity contribution in [2.75, 3.05) is 32.8 Å². The molecule has 1 N–H and O–H groups in total. The van der Waals surface area contributed by atoms with Crippen LogP contribution in [0.1, 0.15) is 24.0 Å². The molecule has 2 heterocycles. The summed E-state index contributed by atoms with van der Waals surface area (Å²) in [5.74, 6) is 0. The Bertz CT molecular complexity index is 508. The van der Waals surface area contributed by atoms with E-state index in [0.717, 1.165) is 19.2 Å². The fourth-order valence-electron chi connectivity index (χ4n) is 3.31. The van der Waals surface area contributed by atoms with Crippen molar-refractivity contribution in [1.29, 1.82) is 0 Å². The fraction of sp³-hybridized carbons (Fsp3) is 0.625. The van der Waals surface area contributed by atoms with Gasteiger partial charge in [0.25, 0.3) is 0 Å². The Labute approximate surface area is 128 Å². The minimum atomic E-state index is -4.30. The van der Waals surface area contributed by atoms with Gasteiger partial charge in [0.1, 0.15) is 0 Å². The fourth-order valence-corrected chi connectivity index (χ4v) is 3.31. The summed E-state index contributed by atoms with van der Waals surface area (Å²) in [5, 5.41) is 3.21. The van der Waals surface area contributed by atoms with Gasteiger partial charge in [-0.05, 0) is 37.6 Å². The van der Waals surface area contributed by atoms with Crippen molar-refractivity contribution in [3.8, 4) is 0 Å². The number of nitrogens with one attached hydrogen (secondary N) is 1. The molecule has 0 spiro atoms. The van der Waals surface area contributed by atoms with Crippen LogP contribution >= 0.6 is 0 Å². The Kier molecular flexibility index (Phi) is 4.43. The topological polar surface area (TPSA) is 24.5 Å². The van der Waals surface area contributed by atoms with E-state index >= 15 is 0 Å². The van der Waals surface area contributed by atoms with Crippen molar-refractivity contribution in [3.05, 3.63) is 35.4 Å². The van der Waals surface area contributed by atoms with Gasteiger partial charge in [0.05, 0.1) is 24.3 Å². The summed E-state index contributed by atoms with van der Waals surface area (Å²) < 4.78 is 44.3. The van der Waals surface area contributed by atoms with E-state index in [1.54, 1.807) is 6.07 Å². The molecule has 0 unspecified atom stereocenters. The number of ether oxygens (including phenoxy) is 1. The second-order valence-electron chi connectivity index (χ2n) is 6.17. The molecule has 22 heavy (non-hydrogen) atoms. The first kappa shape index (κ1) is 15.8. The third kappa shape index (κ3) is 3.14. The predicted octanol–water partition coefficient (Wildman–Crippen LogP) is 2.66. The summed E-state index contributed by atoms with van der Waals surface area (Å²) in [6, 6.07) is 5.75. The molecule has 3 nitrogen and oxygen atoms in total. The van der Waals surface area contributed by atoms with Gasteiger partial charge in [-0.1, -0.05) is 18.2 Å². The van der Waals surface area contributed by atoms with E-state index < -0.39 is 11.7 Å². The zero-order valence-corrected chi connectivity index (χ0v) is 12.5. The minimum Gasteiger partial charge on any atom is -0.377 e. The molecular weight excluding hydrogens is 293 g/mol. The lowest BCUT2D eigenvalue weighted by atomic mass is 9.95. The summed E-state index contributed by atoms with van der Waals surface area (Å²) in [7, 11) is 0. The van der Waals surface area contributed by atoms with E-state index in [2.05, 4.69) is 10.2 Å². The van der Waals surface area contributed by atoms with Gasteiger partial charge in [-0.25, -0.2) is 0 Å². The van der Waals surface area contributed by atoms with Crippen LogP contribution in [-0.4, -0.2) is 43.3 Å². The lowest BCUT2D eigenvalue weighted by Crippen LogP contribution is -2.66. The van der Waals surface area contributed by atoms with Gasteiger partial charge in [0, 0.05) is 13.1 Å². The summed E-state index contributed by atoms with van der Waals surface area (Å²) in [4.78, 5) is 2.42. The SMILES string of the molecule is FC(F)(F)c1ccccc1CNCC1(N2CCCC2)COC1. The summed E-state index contributed by atoms with van der Waals surface area (Å²) >= 11 is 0. The first-order chi connectivity index (χ1) is 10.5. The van der Waals surface area contributed by atoms with Gasteiger partial charge in [-0.15, -0.1) is 0 Å². The molecule has 3 rings (SSSR count). The molecule has 0 radical (unpaired) electrons. The van der Waals surface area contributed by atoms with E-state index in [1.807, 2.05) is 0 Å². The lowest BCUT2D eigenvalue weighted by Gasteiger charge is -2.48. The van der Waals surface area contributed by atoms with Gasteiger partial charge in [0.2, 0.25) is 0 Å².